The number of piperazine rings is 1. The van der Waals surface area contributed by atoms with Gasteiger partial charge in [0.1, 0.15) is 0 Å². The standard InChI is InChI=1S/C10H20N2O/c1-4-8-6-11-9(5-7(2)3)10(13)12-8/h7-9,11H,4-6H2,1-3H3,(H,12,13)/t8-,9-/m0/s1. The molecule has 0 aromatic heterocycles. The third-order valence-corrected chi connectivity index (χ3v) is 2.47. The van der Waals surface area contributed by atoms with Crippen molar-refractivity contribution >= 4 is 5.91 Å². The second-order valence-electron chi connectivity index (χ2n) is 4.20. The van der Waals surface area contributed by atoms with Gasteiger partial charge in [0.2, 0.25) is 5.91 Å². The Morgan fingerprint density at radius 1 is 1.54 bits per heavy atom. The number of amides is 1. The van der Waals surface area contributed by atoms with Crippen molar-refractivity contribution in [3.8, 4) is 0 Å². The van der Waals surface area contributed by atoms with E-state index in [2.05, 4.69) is 31.4 Å². The molecular weight excluding hydrogens is 164 g/mol. The minimum Gasteiger partial charge on any atom is -0.351 e. The van der Waals surface area contributed by atoms with E-state index in [4.69, 9.17) is 0 Å². The van der Waals surface area contributed by atoms with Gasteiger partial charge in [-0.25, -0.2) is 0 Å². The highest BCUT2D eigenvalue weighted by Gasteiger charge is 2.26. The van der Waals surface area contributed by atoms with E-state index < -0.39 is 0 Å². The van der Waals surface area contributed by atoms with Gasteiger partial charge in [-0.3, -0.25) is 4.79 Å². The van der Waals surface area contributed by atoms with Crippen molar-refractivity contribution in [1.29, 1.82) is 0 Å². The number of carbonyl (C=O) groups excluding carboxylic acids is 1. The first-order valence-corrected chi connectivity index (χ1v) is 5.17. The fraction of sp³-hybridized carbons (Fsp3) is 0.900. The molecule has 0 aliphatic carbocycles. The Hall–Kier alpha value is -0.570. The molecule has 1 saturated heterocycles. The molecule has 0 unspecified atom stereocenters. The van der Waals surface area contributed by atoms with E-state index in [9.17, 15) is 4.79 Å². The summed E-state index contributed by atoms with van der Waals surface area (Å²) in [6, 6.07) is 0.360. The molecule has 0 radical (unpaired) electrons. The molecule has 1 aliphatic heterocycles. The average molecular weight is 184 g/mol. The zero-order valence-electron chi connectivity index (χ0n) is 8.76. The van der Waals surface area contributed by atoms with E-state index >= 15 is 0 Å². The van der Waals surface area contributed by atoms with Crippen molar-refractivity contribution in [3.63, 3.8) is 0 Å². The van der Waals surface area contributed by atoms with Crippen LogP contribution in [0.5, 0.6) is 0 Å². The van der Waals surface area contributed by atoms with E-state index in [1.807, 2.05) is 0 Å². The molecule has 1 fully saturated rings. The fourth-order valence-electron chi connectivity index (χ4n) is 1.64. The molecule has 0 aromatic carbocycles. The van der Waals surface area contributed by atoms with Crippen LogP contribution in [-0.4, -0.2) is 24.5 Å². The number of nitrogens with one attached hydrogen (secondary N) is 2. The van der Waals surface area contributed by atoms with Crippen molar-refractivity contribution in [2.45, 2.75) is 45.7 Å². The Morgan fingerprint density at radius 3 is 2.69 bits per heavy atom. The van der Waals surface area contributed by atoms with Crippen molar-refractivity contribution in [2.24, 2.45) is 5.92 Å². The van der Waals surface area contributed by atoms with Crippen LogP contribution in [0.1, 0.15) is 33.6 Å². The Balaban J connectivity index is 2.39. The van der Waals surface area contributed by atoms with Crippen LogP contribution < -0.4 is 10.6 Å². The molecule has 2 atom stereocenters. The van der Waals surface area contributed by atoms with Gasteiger partial charge in [0.25, 0.3) is 0 Å². The lowest BCUT2D eigenvalue weighted by atomic mass is 10.00. The summed E-state index contributed by atoms with van der Waals surface area (Å²) in [5.41, 5.74) is 0. The first kappa shape index (κ1) is 10.5. The molecule has 1 rings (SSSR count). The van der Waals surface area contributed by atoms with Crippen molar-refractivity contribution in [3.05, 3.63) is 0 Å². The fourth-order valence-corrected chi connectivity index (χ4v) is 1.64. The molecule has 1 amide bonds. The van der Waals surface area contributed by atoms with E-state index in [-0.39, 0.29) is 11.9 Å². The van der Waals surface area contributed by atoms with Gasteiger partial charge in [-0.2, -0.15) is 0 Å². The van der Waals surface area contributed by atoms with Gasteiger partial charge in [0, 0.05) is 12.6 Å². The van der Waals surface area contributed by atoms with Crippen LogP contribution >= 0.6 is 0 Å². The summed E-state index contributed by atoms with van der Waals surface area (Å²) >= 11 is 0. The van der Waals surface area contributed by atoms with Gasteiger partial charge in [0.15, 0.2) is 0 Å². The van der Waals surface area contributed by atoms with Gasteiger partial charge >= 0.3 is 0 Å². The van der Waals surface area contributed by atoms with E-state index in [0.29, 0.717) is 12.0 Å². The number of carbonyl (C=O) groups is 1. The van der Waals surface area contributed by atoms with Crippen molar-refractivity contribution < 1.29 is 4.79 Å². The molecule has 0 aromatic rings. The first-order chi connectivity index (χ1) is 6.13. The Bertz CT molecular complexity index is 180. The molecule has 2 N–H and O–H groups in total. The smallest absolute Gasteiger partial charge is 0.237 e. The van der Waals surface area contributed by atoms with Crippen LogP contribution in [0, 0.1) is 5.92 Å². The highest BCUT2D eigenvalue weighted by molar-refractivity contribution is 5.82. The van der Waals surface area contributed by atoms with Crippen molar-refractivity contribution in [1.82, 2.24) is 10.6 Å². The zero-order valence-corrected chi connectivity index (χ0v) is 8.76. The van der Waals surface area contributed by atoms with Crippen LogP contribution in [0.25, 0.3) is 0 Å². The third-order valence-electron chi connectivity index (χ3n) is 2.47. The second-order valence-corrected chi connectivity index (χ2v) is 4.20. The molecule has 0 spiro atoms. The monoisotopic (exact) mass is 184 g/mol. The average Bonchev–Trinajstić information content (AvgIpc) is 2.08. The van der Waals surface area contributed by atoms with Crippen LogP contribution in [0.4, 0.5) is 0 Å². The van der Waals surface area contributed by atoms with Gasteiger partial charge < -0.3 is 10.6 Å². The summed E-state index contributed by atoms with van der Waals surface area (Å²) in [7, 11) is 0. The molecule has 13 heavy (non-hydrogen) atoms. The minimum atomic E-state index is 0.0304. The maximum absolute atomic E-state index is 11.5. The van der Waals surface area contributed by atoms with Gasteiger partial charge in [0.05, 0.1) is 6.04 Å². The maximum atomic E-state index is 11.5. The minimum absolute atomic E-state index is 0.0304. The number of hydrogen-bond acceptors (Lipinski definition) is 2. The summed E-state index contributed by atoms with van der Waals surface area (Å²) < 4.78 is 0. The van der Waals surface area contributed by atoms with Gasteiger partial charge in [-0.05, 0) is 18.8 Å². The summed E-state index contributed by atoms with van der Waals surface area (Å²) in [5.74, 6) is 0.744. The Morgan fingerprint density at radius 2 is 2.23 bits per heavy atom. The summed E-state index contributed by atoms with van der Waals surface area (Å²) in [5, 5.41) is 6.31. The summed E-state index contributed by atoms with van der Waals surface area (Å²) in [4.78, 5) is 11.5. The topological polar surface area (TPSA) is 41.1 Å². The van der Waals surface area contributed by atoms with E-state index in [1.165, 1.54) is 0 Å². The van der Waals surface area contributed by atoms with Crippen LogP contribution in [0.2, 0.25) is 0 Å². The van der Waals surface area contributed by atoms with Crippen LogP contribution in [0.3, 0.4) is 0 Å². The van der Waals surface area contributed by atoms with E-state index in [1.54, 1.807) is 0 Å². The largest absolute Gasteiger partial charge is 0.351 e. The normalized spacial score (nSPS) is 29.1. The number of hydrogen-bond donors (Lipinski definition) is 2. The molecule has 1 aliphatic rings. The van der Waals surface area contributed by atoms with Gasteiger partial charge in [-0.15, -0.1) is 0 Å². The van der Waals surface area contributed by atoms with Crippen molar-refractivity contribution in [2.75, 3.05) is 6.54 Å². The lowest BCUT2D eigenvalue weighted by molar-refractivity contribution is -0.125. The Labute approximate surface area is 80.3 Å². The summed E-state index contributed by atoms with van der Waals surface area (Å²) in [6.45, 7) is 7.29. The summed E-state index contributed by atoms with van der Waals surface area (Å²) in [6.07, 6.45) is 1.94. The molecule has 1 heterocycles. The molecule has 3 nitrogen and oxygen atoms in total. The molecule has 0 bridgehead atoms. The second kappa shape index (κ2) is 4.61. The quantitative estimate of drug-likeness (QED) is 0.684. The number of rotatable bonds is 3. The zero-order chi connectivity index (χ0) is 9.84. The van der Waals surface area contributed by atoms with Gasteiger partial charge in [-0.1, -0.05) is 20.8 Å². The Kier molecular flexibility index (Phi) is 3.72. The lowest BCUT2D eigenvalue weighted by Crippen LogP contribution is -2.58. The molecule has 76 valence electrons. The van der Waals surface area contributed by atoms with Crippen LogP contribution in [0.15, 0.2) is 0 Å². The predicted octanol–water partition coefficient (Wildman–Crippen LogP) is 0.899. The maximum Gasteiger partial charge on any atom is 0.237 e. The SMILES string of the molecule is CC[C@H]1CN[C@@H](CC(C)C)C(=O)N1. The van der Waals surface area contributed by atoms with E-state index in [0.717, 1.165) is 19.4 Å². The molecular formula is C10H20N2O. The lowest BCUT2D eigenvalue weighted by Gasteiger charge is -2.30. The van der Waals surface area contributed by atoms with Crippen LogP contribution in [-0.2, 0) is 4.79 Å². The third kappa shape index (κ3) is 2.99. The molecule has 0 saturated carbocycles. The molecule has 3 heteroatoms. The predicted molar refractivity (Wildman–Crippen MR) is 53.5 cm³/mol. The highest BCUT2D eigenvalue weighted by atomic mass is 16.2. The first-order valence-electron chi connectivity index (χ1n) is 5.17. The highest BCUT2D eigenvalue weighted by Crippen LogP contribution is 2.08.